The zero-order chi connectivity index (χ0) is 19.6. The van der Waals surface area contributed by atoms with E-state index in [9.17, 15) is 9.59 Å². The van der Waals surface area contributed by atoms with Gasteiger partial charge in [-0.15, -0.1) is 0 Å². The van der Waals surface area contributed by atoms with Gasteiger partial charge in [0.2, 0.25) is 0 Å². The van der Waals surface area contributed by atoms with Crippen molar-refractivity contribution in [1.82, 2.24) is 9.78 Å². The number of carboxylic acid groups (broad SMARTS) is 1. The highest BCUT2D eigenvalue weighted by Gasteiger charge is 2.18. The SMILES string of the molecule is CC(C)(C)n1cc(C(=O)Nc2ccc(OCC(=O)O)c3ccccc23)cn1. The first-order chi connectivity index (χ1) is 12.8. The molecule has 3 aromatic rings. The third-order valence-corrected chi connectivity index (χ3v) is 4.02. The molecule has 3 rings (SSSR count). The van der Waals surface area contributed by atoms with Crippen molar-refractivity contribution >= 4 is 28.3 Å². The highest BCUT2D eigenvalue weighted by atomic mass is 16.5. The van der Waals surface area contributed by atoms with Crippen LogP contribution < -0.4 is 10.1 Å². The van der Waals surface area contributed by atoms with Crippen LogP contribution in [0.5, 0.6) is 5.75 Å². The van der Waals surface area contributed by atoms with Crippen LogP contribution >= 0.6 is 0 Å². The van der Waals surface area contributed by atoms with E-state index in [1.807, 2.05) is 45.0 Å². The molecule has 0 bridgehead atoms. The first kappa shape index (κ1) is 18.4. The number of ether oxygens (including phenoxy) is 1. The number of aliphatic carboxylic acids is 1. The quantitative estimate of drug-likeness (QED) is 0.720. The third kappa shape index (κ3) is 4.08. The number of anilines is 1. The number of fused-ring (bicyclic) bond motifs is 1. The number of nitrogens with one attached hydrogen (secondary N) is 1. The summed E-state index contributed by atoms with van der Waals surface area (Å²) >= 11 is 0. The van der Waals surface area contributed by atoms with Gasteiger partial charge in [0, 0.05) is 22.7 Å². The maximum Gasteiger partial charge on any atom is 0.341 e. The summed E-state index contributed by atoms with van der Waals surface area (Å²) in [6.07, 6.45) is 3.25. The van der Waals surface area contributed by atoms with Crippen LogP contribution in [-0.4, -0.2) is 33.4 Å². The maximum absolute atomic E-state index is 12.6. The molecule has 0 aliphatic heterocycles. The molecule has 0 aliphatic rings. The Kier molecular flexibility index (Phi) is 4.85. The number of hydrogen-bond donors (Lipinski definition) is 2. The van der Waals surface area contributed by atoms with E-state index in [2.05, 4.69) is 10.4 Å². The van der Waals surface area contributed by atoms with Crippen LogP contribution in [0.1, 0.15) is 31.1 Å². The Morgan fingerprint density at radius 3 is 2.48 bits per heavy atom. The van der Waals surface area contributed by atoms with Gasteiger partial charge in [0.1, 0.15) is 5.75 Å². The Morgan fingerprint density at radius 2 is 1.85 bits per heavy atom. The van der Waals surface area contributed by atoms with Crippen molar-refractivity contribution in [2.24, 2.45) is 0 Å². The Morgan fingerprint density at radius 1 is 1.15 bits per heavy atom. The lowest BCUT2D eigenvalue weighted by molar-refractivity contribution is -0.139. The normalized spacial score (nSPS) is 11.4. The van der Waals surface area contributed by atoms with Crippen LogP contribution in [0.2, 0.25) is 0 Å². The fraction of sp³-hybridized carbons (Fsp3) is 0.250. The predicted octanol–water partition coefficient (Wildman–Crippen LogP) is 3.51. The largest absolute Gasteiger partial charge is 0.481 e. The molecule has 27 heavy (non-hydrogen) atoms. The van der Waals surface area contributed by atoms with Gasteiger partial charge in [0.25, 0.3) is 5.91 Å². The second-order valence-electron chi connectivity index (χ2n) is 7.14. The molecular formula is C20H21N3O4. The molecule has 7 nitrogen and oxygen atoms in total. The molecule has 140 valence electrons. The van der Waals surface area contributed by atoms with Crippen LogP contribution in [-0.2, 0) is 10.3 Å². The van der Waals surface area contributed by atoms with Crippen LogP contribution in [0.3, 0.4) is 0 Å². The second kappa shape index (κ2) is 7.11. The number of carbonyl (C=O) groups excluding carboxylic acids is 1. The number of benzene rings is 2. The van der Waals surface area contributed by atoms with Gasteiger partial charge in [-0.25, -0.2) is 4.79 Å². The van der Waals surface area contributed by atoms with Crippen LogP contribution in [0.4, 0.5) is 5.69 Å². The maximum atomic E-state index is 12.6. The lowest BCUT2D eigenvalue weighted by atomic mass is 10.1. The fourth-order valence-electron chi connectivity index (χ4n) is 2.65. The number of carboxylic acids is 1. The number of nitrogens with zero attached hydrogens (tertiary/aromatic N) is 2. The summed E-state index contributed by atoms with van der Waals surface area (Å²) in [6, 6.07) is 10.7. The van der Waals surface area contributed by atoms with E-state index in [4.69, 9.17) is 9.84 Å². The molecule has 2 N–H and O–H groups in total. The number of aromatic nitrogens is 2. The van der Waals surface area contributed by atoms with Crippen molar-refractivity contribution in [3.63, 3.8) is 0 Å². The standard InChI is InChI=1S/C20H21N3O4/c1-20(2,3)23-11-13(10-21-23)19(26)22-16-8-9-17(27-12-18(24)25)15-7-5-4-6-14(15)16/h4-11H,12H2,1-3H3,(H,22,26)(H,24,25). The number of rotatable bonds is 5. The topological polar surface area (TPSA) is 93.5 Å². The van der Waals surface area contributed by atoms with Crippen LogP contribution in [0, 0.1) is 0 Å². The molecule has 2 aromatic carbocycles. The molecule has 7 heteroatoms. The fourth-order valence-corrected chi connectivity index (χ4v) is 2.65. The summed E-state index contributed by atoms with van der Waals surface area (Å²) in [6.45, 7) is 5.59. The van der Waals surface area contributed by atoms with E-state index in [1.54, 1.807) is 23.0 Å². The van der Waals surface area contributed by atoms with Crippen molar-refractivity contribution in [3.05, 3.63) is 54.4 Å². The van der Waals surface area contributed by atoms with Crippen LogP contribution in [0.25, 0.3) is 10.8 Å². The summed E-state index contributed by atoms with van der Waals surface area (Å²) in [5.41, 5.74) is 0.857. The van der Waals surface area contributed by atoms with Crippen LogP contribution in [0.15, 0.2) is 48.8 Å². The van der Waals surface area contributed by atoms with E-state index in [0.717, 1.165) is 10.8 Å². The van der Waals surface area contributed by atoms with Crippen molar-refractivity contribution in [1.29, 1.82) is 0 Å². The van der Waals surface area contributed by atoms with Crippen molar-refractivity contribution in [2.45, 2.75) is 26.3 Å². The molecule has 1 aromatic heterocycles. The molecule has 0 saturated heterocycles. The zero-order valence-corrected chi connectivity index (χ0v) is 15.4. The molecule has 0 fully saturated rings. The first-order valence-corrected chi connectivity index (χ1v) is 8.48. The Hall–Kier alpha value is -3.35. The molecule has 0 spiro atoms. The van der Waals surface area contributed by atoms with Gasteiger partial charge in [-0.3, -0.25) is 9.48 Å². The number of carbonyl (C=O) groups is 2. The molecule has 0 saturated carbocycles. The highest BCUT2D eigenvalue weighted by molar-refractivity contribution is 6.09. The summed E-state index contributed by atoms with van der Waals surface area (Å²) < 4.78 is 7.08. The number of amides is 1. The second-order valence-corrected chi connectivity index (χ2v) is 7.14. The molecule has 0 unspecified atom stereocenters. The van der Waals surface area contributed by atoms with Gasteiger partial charge in [-0.2, -0.15) is 5.10 Å². The third-order valence-electron chi connectivity index (χ3n) is 4.02. The average Bonchev–Trinajstić information content (AvgIpc) is 3.11. The summed E-state index contributed by atoms with van der Waals surface area (Å²) in [4.78, 5) is 23.4. The minimum absolute atomic E-state index is 0.214. The Bertz CT molecular complexity index is 1000. The van der Waals surface area contributed by atoms with Crippen molar-refractivity contribution < 1.29 is 19.4 Å². The smallest absolute Gasteiger partial charge is 0.341 e. The Labute approximate surface area is 156 Å². The summed E-state index contributed by atoms with van der Waals surface area (Å²) in [5, 5.41) is 17.4. The Balaban J connectivity index is 1.89. The first-order valence-electron chi connectivity index (χ1n) is 8.48. The molecule has 0 aliphatic carbocycles. The van der Waals surface area contributed by atoms with Crippen molar-refractivity contribution in [3.8, 4) is 5.75 Å². The molecule has 1 heterocycles. The zero-order valence-electron chi connectivity index (χ0n) is 15.4. The molecule has 0 radical (unpaired) electrons. The summed E-state index contributed by atoms with van der Waals surface area (Å²) in [5.74, 6) is -0.867. The predicted molar refractivity (Wildman–Crippen MR) is 102 cm³/mol. The highest BCUT2D eigenvalue weighted by Crippen LogP contribution is 2.32. The van der Waals surface area contributed by atoms with Gasteiger partial charge in [-0.05, 0) is 32.9 Å². The number of hydrogen-bond acceptors (Lipinski definition) is 4. The van der Waals surface area contributed by atoms with Gasteiger partial charge < -0.3 is 15.2 Å². The average molecular weight is 367 g/mol. The van der Waals surface area contributed by atoms with Gasteiger partial charge >= 0.3 is 5.97 Å². The van der Waals surface area contributed by atoms with Crippen molar-refractivity contribution in [2.75, 3.05) is 11.9 Å². The van der Waals surface area contributed by atoms with E-state index in [1.165, 1.54) is 6.20 Å². The molecule has 1 amide bonds. The van der Waals surface area contributed by atoms with E-state index >= 15 is 0 Å². The summed E-state index contributed by atoms with van der Waals surface area (Å²) in [7, 11) is 0. The monoisotopic (exact) mass is 367 g/mol. The lowest BCUT2D eigenvalue weighted by Crippen LogP contribution is -2.22. The minimum Gasteiger partial charge on any atom is -0.481 e. The molecule has 0 atom stereocenters. The lowest BCUT2D eigenvalue weighted by Gasteiger charge is -2.18. The van der Waals surface area contributed by atoms with Gasteiger partial charge in [0.05, 0.1) is 17.3 Å². The van der Waals surface area contributed by atoms with E-state index < -0.39 is 12.6 Å². The minimum atomic E-state index is -1.05. The van der Waals surface area contributed by atoms with Gasteiger partial charge in [0.15, 0.2) is 6.61 Å². The molecular weight excluding hydrogens is 346 g/mol. The van der Waals surface area contributed by atoms with E-state index in [0.29, 0.717) is 17.0 Å². The van der Waals surface area contributed by atoms with E-state index in [-0.39, 0.29) is 11.4 Å². The van der Waals surface area contributed by atoms with Gasteiger partial charge in [-0.1, -0.05) is 24.3 Å².